The summed E-state index contributed by atoms with van der Waals surface area (Å²) in [5, 5.41) is 11.8. The van der Waals surface area contributed by atoms with Gasteiger partial charge in [0.1, 0.15) is 13.2 Å². The molecular weight excluding hydrogens is 935 g/mol. The largest absolute Gasteiger partial charge is 0.545 e. The minimum Gasteiger partial charge on any atom is -0.545 e. The number of rotatable bonds is 57. The van der Waals surface area contributed by atoms with E-state index in [4.69, 9.17) is 18.9 Å². The monoisotopic (exact) mass is 1050 g/mol. The summed E-state index contributed by atoms with van der Waals surface area (Å²) < 4.78 is 22.7. The molecular formula is C66H117NO8. The number of esters is 2. The molecule has 0 aromatic heterocycles. The second-order valence-corrected chi connectivity index (χ2v) is 22.0. The van der Waals surface area contributed by atoms with Crippen molar-refractivity contribution in [2.24, 2.45) is 0 Å². The maximum absolute atomic E-state index is 12.9. The normalized spacial score (nSPS) is 13.2. The van der Waals surface area contributed by atoms with Crippen LogP contribution in [0.2, 0.25) is 0 Å². The number of ether oxygens (including phenoxy) is 4. The van der Waals surface area contributed by atoms with E-state index in [1.807, 2.05) is 21.1 Å². The molecule has 0 aromatic rings. The smallest absolute Gasteiger partial charge is 0.306 e. The lowest BCUT2D eigenvalue weighted by molar-refractivity contribution is -0.870. The first-order valence-corrected chi connectivity index (χ1v) is 31.1. The molecule has 0 spiro atoms. The highest BCUT2D eigenvalue weighted by molar-refractivity contribution is 5.70. The number of allylic oxidation sites excluding steroid dienone is 12. The lowest BCUT2D eigenvalue weighted by atomic mass is 10.0. The molecule has 0 amide bonds. The highest BCUT2D eigenvalue weighted by atomic mass is 16.7. The summed E-state index contributed by atoms with van der Waals surface area (Å²) in [4.78, 5) is 37.4. The molecule has 0 saturated heterocycles. The van der Waals surface area contributed by atoms with E-state index in [0.29, 0.717) is 17.4 Å². The quantitative estimate of drug-likeness (QED) is 0.0195. The van der Waals surface area contributed by atoms with Gasteiger partial charge in [-0.3, -0.25) is 9.59 Å². The zero-order valence-electron chi connectivity index (χ0n) is 49.4. The highest BCUT2D eigenvalue weighted by Gasteiger charge is 2.22. The van der Waals surface area contributed by atoms with Crippen LogP contribution in [0.4, 0.5) is 0 Å². The van der Waals surface area contributed by atoms with Crippen LogP contribution in [0.15, 0.2) is 72.9 Å². The van der Waals surface area contributed by atoms with Gasteiger partial charge in [-0.25, -0.2) is 0 Å². The number of carboxylic acids is 1. The van der Waals surface area contributed by atoms with E-state index in [-0.39, 0.29) is 38.6 Å². The van der Waals surface area contributed by atoms with Crippen LogP contribution in [0.25, 0.3) is 0 Å². The molecule has 0 N–H and O–H groups in total. The highest BCUT2D eigenvalue weighted by Crippen LogP contribution is 2.16. The fraction of sp³-hybridized carbons (Fsp3) is 0.773. The molecule has 75 heavy (non-hydrogen) atoms. The molecule has 9 nitrogen and oxygen atoms in total. The molecule has 0 heterocycles. The Morgan fingerprint density at radius 2 is 0.760 bits per heavy atom. The van der Waals surface area contributed by atoms with Gasteiger partial charge in [0.2, 0.25) is 0 Å². The number of quaternary nitrogens is 1. The van der Waals surface area contributed by atoms with Crippen LogP contribution in [0.1, 0.15) is 271 Å². The lowest BCUT2D eigenvalue weighted by Crippen LogP contribution is -2.44. The standard InChI is InChI=1S/C66H117NO8/c1-6-8-10-12-14-16-18-20-22-24-26-28-30-32-34-36-38-40-42-44-46-48-50-52-54-56-63(68)73-60-62(61-74-66(65(70)71)72-59-58-67(3,4)5)75-64(69)57-55-53-51-49-47-45-43-41-39-37-35-33-31-29-27-25-23-21-19-17-15-13-11-9-7-2/h9,11,15,17,21,23-24,26-27,29,33,35,62,66H,6-8,10,12-14,16,18-20,22,25,28,30-32,34,36-61H2,1-5H3/b11-9-,17-15-,23-21-,26-24-,29-27-,35-33-. The zero-order valence-corrected chi connectivity index (χ0v) is 49.4. The van der Waals surface area contributed by atoms with Crippen molar-refractivity contribution in [2.45, 2.75) is 283 Å². The van der Waals surface area contributed by atoms with E-state index in [0.717, 1.165) is 77.0 Å². The van der Waals surface area contributed by atoms with Gasteiger partial charge < -0.3 is 33.3 Å². The van der Waals surface area contributed by atoms with E-state index < -0.39 is 24.3 Å². The van der Waals surface area contributed by atoms with Crippen molar-refractivity contribution in [3.8, 4) is 0 Å². The van der Waals surface area contributed by atoms with Crippen LogP contribution in [-0.4, -0.2) is 82.3 Å². The first kappa shape index (κ1) is 71.7. The number of hydrogen-bond donors (Lipinski definition) is 0. The first-order valence-electron chi connectivity index (χ1n) is 31.1. The van der Waals surface area contributed by atoms with Crippen molar-refractivity contribution >= 4 is 17.9 Å². The summed E-state index contributed by atoms with van der Waals surface area (Å²) in [7, 11) is 5.92. The summed E-state index contributed by atoms with van der Waals surface area (Å²) in [5.74, 6) is -2.28. The molecule has 0 aliphatic rings. The third-order valence-corrected chi connectivity index (χ3v) is 13.4. The number of aliphatic carboxylic acids is 1. The fourth-order valence-electron chi connectivity index (χ4n) is 8.68. The Labute approximate surface area is 462 Å². The number of carbonyl (C=O) groups is 3. The van der Waals surface area contributed by atoms with Gasteiger partial charge in [-0.15, -0.1) is 0 Å². The van der Waals surface area contributed by atoms with Crippen molar-refractivity contribution in [2.75, 3.05) is 47.5 Å². The van der Waals surface area contributed by atoms with E-state index in [1.54, 1.807) is 0 Å². The SMILES string of the molecule is CC/C=C\C/C=C\C/C=C\C/C=C\C/C=C\CCCCCCCCCCCC(=O)OC(COC(=O)CCCCCCCCCCCCCCC/C=C\CCCCCCCCCC)COC(OCC[N+](C)(C)C)C(=O)[O-]. The minimum atomic E-state index is -1.63. The average molecular weight is 1050 g/mol. The lowest BCUT2D eigenvalue weighted by Gasteiger charge is -2.26. The number of unbranched alkanes of at least 4 members (excludes halogenated alkanes) is 30. The van der Waals surface area contributed by atoms with Gasteiger partial charge in [0, 0.05) is 12.8 Å². The van der Waals surface area contributed by atoms with Crippen molar-refractivity contribution in [1.82, 2.24) is 0 Å². The number of likely N-dealkylation sites (N-methyl/N-ethyl adjacent to an activating group) is 1. The van der Waals surface area contributed by atoms with E-state index in [9.17, 15) is 19.5 Å². The number of carbonyl (C=O) groups excluding carboxylic acids is 3. The second-order valence-electron chi connectivity index (χ2n) is 22.0. The molecule has 2 unspecified atom stereocenters. The Bertz CT molecular complexity index is 1460. The molecule has 0 aliphatic carbocycles. The molecule has 2 atom stereocenters. The van der Waals surface area contributed by atoms with Crippen LogP contribution in [-0.2, 0) is 33.3 Å². The van der Waals surface area contributed by atoms with Gasteiger partial charge in [0.05, 0.1) is 40.3 Å². The third kappa shape index (κ3) is 58.3. The van der Waals surface area contributed by atoms with Gasteiger partial charge in [-0.1, -0.05) is 247 Å². The van der Waals surface area contributed by atoms with Gasteiger partial charge in [-0.2, -0.15) is 0 Å². The number of carboxylic acid groups (broad SMARTS) is 1. The maximum Gasteiger partial charge on any atom is 0.306 e. The van der Waals surface area contributed by atoms with E-state index >= 15 is 0 Å². The van der Waals surface area contributed by atoms with Gasteiger partial charge >= 0.3 is 11.9 Å². The van der Waals surface area contributed by atoms with Crippen LogP contribution < -0.4 is 5.11 Å². The van der Waals surface area contributed by atoms with Crippen LogP contribution >= 0.6 is 0 Å². The van der Waals surface area contributed by atoms with Gasteiger partial charge in [0.15, 0.2) is 12.4 Å². The maximum atomic E-state index is 12.9. The van der Waals surface area contributed by atoms with Gasteiger partial charge in [0.25, 0.3) is 0 Å². The minimum absolute atomic E-state index is 0.144. The van der Waals surface area contributed by atoms with Crippen molar-refractivity contribution < 1.29 is 42.9 Å². The third-order valence-electron chi connectivity index (χ3n) is 13.4. The summed E-state index contributed by atoms with van der Waals surface area (Å²) >= 11 is 0. The second kappa shape index (κ2) is 56.9. The Balaban J connectivity index is 4.21. The molecule has 0 aliphatic heterocycles. The Morgan fingerprint density at radius 3 is 1.15 bits per heavy atom. The first-order chi connectivity index (χ1) is 36.6. The number of hydrogen-bond acceptors (Lipinski definition) is 8. The van der Waals surface area contributed by atoms with Crippen molar-refractivity contribution in [3.63, 3.8) is 0 Å². The summed E-state index contributed by atoms with van der Waals surface area (Å²) in [6.07, 6.45) is 71.0. The summed E-state index contributed by atoms with van der Waals surface area (Å²) in [6.45, 7) is 4.65. The van der Waals surface area contributed by atoms with Crippen molar-refractivity contribution in [1.29, 1.82) is 0 Å². The Hall–Kier alpha value is -3.27. The number of nitrogens with zero attached hydrogens (tertiary/aromatic N) is 1. The molecule has 0 bridgehead atoms. The zero-order chi connectivity index (χ0) is 54.8. The molecule has 0 fully saturated rings. The average Bonchev–Trinajstić information content (AvgIpc) is 3.38. The van der Waals surface area contributed by atoms with Crippen LogP contribution in [0.5, 0.6) is 0 Å². The molecule has 0 radical (unpaired) electrons. The Morgan fingerprint density at radius 1 is 0.413 bits per heavy atom. The molecule has 0 saturated carbocycles. The van der Waals surface area contributed by atoms with Crippen molar-refractivity contribution in [3.05, 3.63) is 72.9 Å². The summed E-state index contributed by atoms with van der Waals surface area (Å²) in [5.41, 5.74) is 0. The molecule has 434 valence electrons. The molecule has 0 aromatic carbocycles. The topological polar surface area (TPSA) is 111 Å². The fourth-order valence-corrected chi connectivity index (χ4v) is 8.68. The summed E-state index contributed by atoms with van der Waals surface area (Å²) in [6, 6.07) is 0. The predicted molar refractivity (Wildman–Crippen MR) is 315 cm³/mol. The molecule has 9 heteroatoms. The molecule has 0 rings (SSSR count). The van der Waals surface area contributed by atoms with Crippen LogP contribution in [0.3, 0.4) is 0 Å². The predicted octanol–water partition coefficient (Wildman–Crippen LogP) is 17.2. The van der Waals surface area contributed by atoms with Crippen LogP contribution in [0, 0.1) is 0 Å². The Kier molecular flexibility index (Phi) is 54.4. The van der Waals surface area contributed by atoms with E-state index in [2.05, 4.69) is 86.8 Å². The van der Waals surface area contributed by atoms with Gasteiger partial charge in [-0.05, 0) is 83.5 Å². The van der Waals surface area contributed by atoms with E-state index in [1.165, 1.54) is 161 Å².